The Hall–Kier alpha value is -7.29. The van der Waals surface area contributed by atoms with Crippen molar-refractivity contribution in [2.24, 2.45) is 5.41 Å². The van der Waals surface area contributed by atoms with E-state index < -0.39 is 91.1 Å². The zero-order valence-electron chi connectivity index (χ0n) is 45.2. The number of amides is 3. The number of nitrogens with one attached hydrogen (secondary N) is 5. The van der Waals surface area contributed by atoms with Crippen LogP contribution in [0.15, 0.2) is 59.8 Å². The summed E-state index contributed by atoms with van der Waals surface area (Å²) < 4.78 is 0. The normalized spacial score (nSPS) is 20.2. The molecule has 2 aromatic rings. The number of hydrogen-bond acceptors (Lipinski definition) is 19. The predicted molar refractivity (Wildman–Crippen MR) is 290 cm³/mol. The molecule has 2 aliphatic rings. The Labute approximate surface area is 454 Å². The van der Waals surface area contributed by atoms with Crippen molar-refractivity contribution < 1.29 is 69.6 Å². The first-order chi connectivity index (χ1) is 36.9. The second-order valence-electron chi connectivity index (χ2n) is 20.4. The van der Waals surface area contributed by atoms with Gasteiger partial charge in [-0.25, -0.2) is 19.2 Å². The molecule has 4 rings (SSSR count). The van der Waals surface area contributed by atoms with Crippen LogP contribution in [0.1, 0.15) is 90.0 Å². The number of benzene rings is 1. The summed E-state index contributed by atoms with van der Waals surface area (Å²) in [6, 6.07) is 1.98. The minimum atomic E-state index is -1.65. The van der Waals surface area contributed by atoms with E-state index in [1.807, 2.05) is 77.7 Å². The molecule has 1 saturated heterocycles. The Morgan fingerprint density at radius 3 is 1.82 bits per heavy atom. The molecular formula is C52H80N12O14. The van der Waals surface area contributed by atoms with Crippen molar-refractivity contribution in [3.63, 3.8) is 0 Å². The fraction of sp³-hybridized carbons (Fsp3) is 0.596. The van der Waals surface area contributed by atoms with E-state index in [2.05, 4.69) is 30.8 Å². The lowest BCUT2D eigenvalue weighted by molar-refractivity contribution is -0.142. The summed E-state index contributed by atoms with van der Waals surface area (Å²) in [6.45, 7) is 7.55. The third kappa shape index (κ3) is 22.7. The van der Waals surface area contributed by atoms with Crippen molar-refractivity contribution in [1.82, 2.24) is 45.6 Å². The summed E-state index contributed by atoms with van der Waals surface area (Å²) in [7, 11) is 5.67. The van der Waals surface area contributed by atoms with Crippen LogP contribution < -0.4 is 31.5 Å². The predicted octanol–water partition coefficient (Wildman–Crippen LogP) is 3.43. The van der Waals surface area contributed by atoms with Gasteiger partial charge in [-0.05, 0) is 135 Å². The van der Waals surface area contributed by atoms with Gasteiger partial charge in [0.2, 0.25) is 23.8 Å². The molecular weight excluding hydrogens is 1020 g/mol. The molecule has 2 unspecified atom stereocenters. The molecule has 0 spiro atoms. The zero-order chi connectivity index (χ0) is 57.5. The first kappa shape index (κ1) is 63.2. The van der Waals surface area contributed by atoms with Crippen molar-refractivity contribution in [2.45, 2.75) is 121 Å². The number of allylic oxidation sites excluding steroid dienone is 3. The Balaban J connectivity index is 1.34. The number of carboxylic acid groups (broad SMARTS) is 4. The molecule has 13 N–H and O–H groups in total. The molecule has 78 heavy (non-hydrogen) atoms. The fourth-order valence-electron chi connectivity index (χ4n) is 9.04. The van der Waals surface area contributed by atoms with Crippen molar-refractivity contribution in [3.05, 3.63) is 65.3 Å². The van der Waals surface area contributed by atoms with Crippen LogP contribution in [0.4, 0.5) is 28.3 Å². The average molecular weight is 1100 g/mol. The number of anilines is 4. The average Bonchev–Trinajstić information content (AvgIpc) is 3.38. The van der Waals surface area contributed by atoms with Gasteiger partial charge in [-0.15, -0.1) is 0 Å². The zero-order valence-corrected chi connectivity index (χ0v) is 45.2. The van der Waals surface area contributed by atoms with Gasteiger partial charge in [0.1, 0.15) is 35.4 Å². The summed E-state index contributed by atoms with van der Waals surface area (Å²) in [5, 5.41) is 94.4. The topological polar surface area (TPSA) is 376 Å². The van der Waals surface area contributed by atoms with Gasteiger partial charge in [0.15, 0.2) is 0 Å². The number of carbonyl (C=O) groups is 6. The molecule has 26 heteroatoms. The SMILES string of the molecule is CC(O)CC1(/C=C(/O)CN(C)C(C)Cc2ccc(Nc3nc(NCCCC[C@H](NC(=O)CC[C@H](NC(=O)N[C@@H](CCC(=O)O)C(=O)O)C(=O)O)C(=O)O)nc(N4CCCCC4)n3)cc2)/C=C(/O)CN(C)CCN(C)C/C(O)=C\1. The standard InChI is InChI=1S/C52H80N12O14/c1-33(63(5)32-39(68)29-52(26-34(2)65)27-37(66)30-61(3)23-24-62(4)31-38(67)28-52)25-35-12-14-36(15-13-35)54-49-58-48(59-50(60-49)64-21-9-6-10-22-64)53-20-8-7-11-40(45(72)73)55-43(69)18-16-41(46(74)75)56-51(78)57-42(47(76)77)17-19-44(70)71/h12-15,27-29,33-34,40-42,65-68H,6-11,16-26,30-32H2,1-5H3,(H,55,69)(H,70,71)(H,72,73)(H,74,75)(H,76,77)(H2,56,57,78)(H2,53,54,58,59,60)/b37-27+,38-28+,39-29+/t33?,34?,40-,41-,42-/m0/s1. The fourth-order valence-corrected chi connectivity index (χ4v) is 9.04. The summed E-state index contributed by atoms with van der Waals surface area (Å²) in [6.07, 6.45) is 6.61. The third-order valence-electron chi connectivity index (χ3n) is 13.2. The highest BCUT2D eigenvalue weighted by Gasteiger charge is 2.31. The number of likely N-dealkylation sites (N-methyl/N-ethyl adjacent to an activating group) is 3. The number of urea groups is 1. The van der Waals surface area contributed by atoms with Gasteiger partial charge in [0, 0.05) is 62.7 Å². The van der Waals surface area contributed by atoms with Crippen molar-refractivity contribution >= 4 is 59.3 Å². The molecule has 3 heterocycles. The molecule has 3 amide bonds. The Kier molecular flexibility index (Phi) is 25.3. The lowest BCUT2D eigenvalue weighted by Crippen LogP contribution is -2.51. The monoisotopic (exact) mass is 1100 g/mol. The van der Waals surface area contributed by atoms with Crippen LogP contribution in [0.3, 0.4) is 0 Å². The van der Waals surface area contributed by atoms with Crippen LogP contribution in [-0.4, -0.2) is 210 Å². The lowest BCUT2D eigenvalue weighted by Gasteiger charge is -2.29. The van der Waals surface area contributed by atoms with Crippen molar-refractivity contribution in [1.29, 1.82) is 0 Å². The number of piperidine rings is 1. The number of hydrogen-bond donors (Lipinski definition) is 13. The van der Waals surface area contributed by atoms with E-state index in [-0.39, 0.29) is 55.8 Å². The van der Waals surface area contributed by atoms with E-state index in [1.165, 1.54) is 0 Å². The Morgan fingerprint density at radius 2 is 1.27 bits per heavy atom. The minimum absolute atomic E-state index is 0.0123. The van der Waals surface area contributed by atoms with Gasteiger partial charge < -0.3 is 72.3 Å². The summed E-state index contributed by atoms with van der Waals surface area (Å²) in [5.74, 6) is -5.25. The number of aromatic nitrogens is 3. The lowest BCUT2D eigenvalue weighted by atomic mass is 9.80. The molecule has 1 aromatic heterocycles. The number of nitrogens with zero attached hydrogens (tertiary/aromatic N) is 7. The highest BCUT2D eigenvalue weighted by atomic mass is 16.4. The maximum atomic E-state index is 12.7. The molecule has 0 saturated carbocycles. The van der Waals surface area contributed by atoms with Crippen LogP contribution in [-0.2, 0) is 30.4 Å². The number of aliphatic hydroxyl groups excluding tert-OH is 4. The molecule has 0 radical (unpaired) electrons. The number of aliphatic carboxylic acids is 4. The molecule has 432 valence electrons. The first-order valence-electron chi connectivity index (χ1n) is 26.2. The molecule has 26 nitrogen and oxygen atoms in total. The molecule has 5 atom stereocenters. The second kappa shape index (κ2) is 31.2. The number of rotatable bonds is 29. The van der Waals surface area contributed by atoms with Gasteiger partial charge in [-0.1, -0.05) is 12.1 Å². The Bertz CT molecular complexity index is 2390. The summed E-state index contributed by atoms with van der Waals surface area (Å²) in [4.78, 5) is 93.2. The summed E-state index contributed by atoms with van der Waals surface area (Å²) >= 11 is 0. The quantitative estimate of drug-likeness (QED) is 0.0410. The van der Waals surface area contributed by atoms with Crippen LogP contribution in [0.2, 0.25) is 0 Å². The molecule has 1 aromatic carbocycles. The van der Waals surface area contributed by atoms with Crippen LogP contribution >= 0.6 is 0 Å². The van der Waals surface area contributed by atoms with Gasteiger partial charge in [-0.2, -0.15) is 15.0 Å². The molecule has 1 fully saturated rings. The minimum Gasteiger partial charge on any atom is -0.511 e. The van der Waals surface area contributed by atoms with Crippen LogP contribution in [0.25, 0.3) is 0 Å². The Morgan fingerprint density at radius 1 is 0.718 bits per heavy atom. The van der Waals surface area contributed by atoms with E-state index in [0.717, 1.165) is 43.6 Å². The van der Waals surface area contributed by atoms with Crippen LogP contribution in [0.5, 0.6) is 0 Å². The number of unbranched alkanes of at least 4 members (excludes halogenated alkanes) is 1. The number of aliphatic hydroxyl groups is 4. The highest BCUT2D eigenvalue weighted by molar-refractivity contribution is 5.87. The number of carbonyl (C=O) groups excluding carboxylic acids is 2. The molecule has 0 aliphatic carbocycles. The maximum absolute atomic E-state index is 12.7. The van der Waals surface area contributed by atoms with E-state index >= 15 is 0 Å². The third-order valence-corrected chi connectivity index (χ3v) is 13.2. The largest absolute Gasteiger partial charge is 0.511 e. The van der Waals surface area contributed by atoms with E-state index in [4.69, 9.17) is 10.1 Å². The van der Waals surface area contributed by atoms with Gasteiger partial charge in [0.05, 0.1) is 25.7 Å². The van der Waals surface area contributed by atoms with Crippen molar-refractivity contribution in [3.8, 4) is 0 Å². The van der Waals surface area contributed by atoms with Gasteiger partial charge in [-0.3, -0.25) is 24.3 Å². The second-order valence-corrected chi connectivity index (χ2v) is 20.4. The maximum Gasteiger partial charge on any atom is 0.326 e. The van der Waals surface area contributed by atoms with Crippen LogP contribution in [0, 0.1) is 5.41 Å². The molecule has 2 aliphatic heterocycles. The highest BCUT2D eigenvalue weighted by Crippen LogP contribution is 2.34. The first-order valence-corrected chi connectivity index (χ1v) is 26.2. The van der Waals surface area contributed by atoms with E-state index in [1.54, 1.807) is 25.2 Å². The van der Waals surface area contributed by atoms with Gasteiger partial charge >= 0.3 is 29.9 Å². The summed E-state index contributed by atoms with van der Waals surface area (Å²) in [5.41, 5.74) is 0.572. The molecule has 0 bridgehead atoms. The van der Waals surface area contributed by atoms with Crippen molar-refractivity contribution in [2.75, 3.05) is 89.0 Å². The van der Waals surface area contributed by atoms with Gasteiger partial charge in [0.25, 0.3) is 0 Å². The smallest absolute Gasteiger partial charge is 0.326 e. The van der Waals surface area contributed by atoms with E-state index in [9.17, 15) is 64.5 Å². The number of carboxylic acids is 4. The van der Waals surface area contributed by atoms with E-state index in [0.29, 0.717) is 56.7 Å².